The van der Waals surface area contributed by atoms with E-state index in [0.717, 1.165) is 49.9 Å². The molecule has 0 unspecified atom stereocenters. The van der Waals surface area contributed by atoms with E-state index in [1.165, 1.54) is 11.1 Å². The molecule has 0 aromatic heterocycles. The minimum atomic E-state index is 0.0177. The van der Waals surface area contributed by atoms with Crippen LogP contribution >= 0.6 is 11.8 Å². The third kappa shape index (κ3) is 5.79. The van der Waals surface area contributed by atoms with Gasteiger partial charge in [0.2, 0.25) is 5.91 Å². The SMILES string of the molecule is O=C(c1ccc([C@H]2SCC(=O)N2CCc2ccccc2)cc1)N1CCC(Cc2ccccc2)CC1. The minimum absolute atomic E-state index is 0.0177. The first kappa shape index (κ1) is 23.7. The molecule has 5 heteroatoms. The highest BCUT2D eigenvalue weighted by Crippen LogP contribution is 2.38. The van der Waals surface area contributed by atoms with Crippen LogP contribution in [0.1, 0.15) is 45.3 Å². The average Bonchev–Trinajstić information content (AvgIpc) is 3.29. The lowest BCUT2D eigenvalue weighted by Gasteiger charge is -2.32. The van der Waals surface area contributed by atoms with Gasteiger partial charge in [-0.25, -0.2) is 0 Å². The Hall–Kier alpha value is -3.05. The van der Waals surface area contributed by atoms with Gasteiger partial charge < -0.3 is 9.80 Å². The van der Waals surface area contributed by atoms with Crippen molar-refractivity contribution in [3.63, 3.8) is 0 Å². The molecule has 0 N–H and O–H groups in total. The summed E-state index contributed by atoms with van der Waals surface area (Å²) in [6.07, 6.45) is 4.04. The van der Waals surface area contributed by atoms with Crippen LogP contribution in [0.25, 0.3) is 0 Å². The number of amides is 2. The van der Waals surface area contributed by atoms with E-state index in [4.69, 9.17) is 0 Å². The Kier molecular flexibility index (Phi) is 7.53. The molecule has 4 nitrogen and oxygen atoms in total. The molecule has 3 aromatic carbocycles. The van der Waals surface area contributed by atoms with Gasteiger partial charge in [-0.1, -0.05) is 72.8 Å². The lowest BCUT2D eigenvalue weighted by atomic mass is 9.90. The van der Waals surface area contributed by atoms with E-state index < -0.39 is 0 Å². The fourth-order valence-corrected chi connectivity index (χ4v) is 6.35. The first-order valence-electron chi connectivity index (χ1n) is 12.6. The molecule has 2 fully saturated rings. The molecule has 0 spiro atoms. The highest BCUT2D eigenvalue weighted by atomic mass is 32.2. The highest BCUT2D eigenvalue weighted by Gasteiger charge is 2.32. The standard InChI is InChI=1S/C30H32N2O2S/c33-28-22-35-30(32(28)20-17-23-7-3-1-4-8-23)27-13-11-26(12-14-27)29(34)31-18-15-25(16-19-31)21-24-9-5-2-6-10-24/h1-14,25,30H,15-22H2/t30-/m1/s1. The molecular weight excluding hydrogens is 452 g/mol. The molecule has 2 aliphatic rings. The number of likely N-dealkylation sites (tertiary alicyclic amines) is 1. The van der Waals surface area contributed by atoms with Gasteiger partial charge in [-0.15, -0.1) is 11.8 Å². The molecule has 2 aliphatic heterocycles. The van der Waals surface area contributed by atoms with Crippen molar-refractivity contribution in [2.45, 2.75) is 31.1 Å². The maximum atomic E-state index is 13.1. The predicted octanol–water partition coefficient (Wildman–Crippen LogP) is 5.60. The number of carbonyl (C=O) groups excluding carboxylic acids is 2. The lowest BCUT2D eigenvalue weighted by molar-refractivity contribution is -0.128. The van der Waals surface area contributed by atoms with Crippen molar-refractivity contribution in [2.75, 3.05) is 25.4 Å². The second kappa shape index (κ2) is 11.1. The van der Waals surface area contributed by atoms with E-state index in [-0.39, 0.29) is 17.2 Å². The van der Waals surface area contributed by atoms with E-state index in [9.17, 15) is 9.59 Å². The van der Waals surface area contributed by atoms with Crippen LogP contribution < -0.4 is 0 Å². The van der Waals surface area contributed by atoms with E-state index in [0.29, 0.717) is 18.2 Å². The van der Waals surface area contributed by atoms with Gasteiger partial charge in [0, 0.05) is 25.2 Å². The van der Waals surface area contributed by atoms with Crippen LogP contribution in [0.4, 0.5) is 0 Å². The molecule has 2 saturated heterocycles. The fourth-order valence-electron chi connectivity index (χ4n) is 5.13. The topological polar surface area (TPSA) is 40.6 Å². The number of nitrogens with zero attached hydrogens (tertiary/aromatic N) is 2. The van der Waals surface area contributed by atoms with Crippen LogP contribution in [0.15, 0.2) is 84.9 Å². The van der Waals surface area contributed by atoms with Crippen molar-refractivity contribution in [3.8, 4) is 0 Å². The van der Waals surface area contributed by atoms with Gasteiger partial charge in [-0.2, -0.15) is 0 Å². The van der Waals surface area contributed by atoms with Gasteiger partial charge in [0.15, 0.2) is 0 Å². The Bertz CT molecular complexity index is 1130. The fraction of sp³-hybridized carbons (Fsp3) is 0.333. The molecule has 0 aliphatic carbocycles. The Labute approximate surface area is 212 Å². The Balaban J connectivity index is 1.17. The summed E-state index contributed by atoms with van der Waals surface area (Å²) in [5.74, 6) is 1.46. The maximum Gasteiger partial charge on any atom is 0.253 e. The molecule has 2 amide bonds. The molecular formula is C30H32N2O2S. The van der Waals surface area contributed by atoms with Crippen LogP contribution in [0.2, 0.25) is 0 Å². The second-order valence-corrected chi connectivity index (χ2v) is 10.6. The molecule has 2 heterocycles. The van der Waals surface area contributed by atoms with E-state index in [1.54, 1.807) is 11.8 Å². The Morgan fingerprint density at radius 3 is 2.11 bits per heavy atom. The van der Waals surface area contributed by atoms with Gasteiger partial charge in [0.05, 0.1) is 5.75 Å². The summed E-state index contributed by atoms with van der Waals surface area (Å²) < 4.78 is 0. The first-order chi connectivity index (χ1) is 17.2. The van der Waals surface area contributed by atoms with Crippen molar-refractivity contribution >= 4 is 23.6 Å². The van der Waals surface area contributed by atoms with Crippen molar-refractivity contribution in [2.24, 2.45) is 5.92 Å². The summed E-state index contributed by atoms with van der Waals surface area (Å²) in [6, 6.07) is 28.9. The van der Waals surface area contributed by atoms with Crippen LogP contribution in [0.3, 0.4) is 0 Å². The van der Waals surface area contributed by atoms with Gasteiger partial charge in [0.1, 0.15) is 5.37 Å². The zero-order chi connectivity index (χ0) is 24.0. The van der Waals surface area contributed by atoms with Crippen LogP contribution in [0.5, 0.6) is 0 Å². The Morgan fingerprint density at radius 2 is 1.46 bits per heavy atom. The number of hydrogen-bond acceptors (Lipinski definition) is 3. The molecule has 1 atom stereocenters. The van der Waals surface area contributed by atoms with Crippen LogP contribution in [-0.2, 0) is 17.6 Å². The van der Waals surface area contributed by atoms with Crippen molar-refractivity contribution < 1.29 is 9.59 Å². The zero-order valence-corrected chi connectivity index (χ0v) is 20.8. The van der Waals surface area contributed by atoms with E-state index in [2.05, 4.69) is 42.5 Å². The molecule has 0 bridgehead atoms. The summed E-state index contributed by atoms with van der Waals surface area (Å²) in [6.45, 7) is 2.34. The van der Waals surface area contributed by atoms with Crippen molar-refractivity contribution in [1.29, 1.82) is 0 Å². The van der Waals surface area contributed by atoms with E-state index >= 15 is 0 Å². The number of piperidine rings is 1. The maximum absolute atomic E-state index is 13.1. The second-order valence-electron chi connectivity index (χ2n) is 9.53. The molecule has 0 radical (unpaired) electrons. The molecule has 0 saturated carbocycles. The summed E-state index contributed by atoms with van der Waals surface area (Å²) in [5.41, 5.74) is 4.45. The smallest absolute Gasteiger partial charge is 0.253 e. The van der Waals surface area contributed by atoms with Gasteiger partial charge in [-0.05, 0) is 60.4 Å². The predicted molar refractivity (Wildman–Crippen MR) is 142 cm³/mol. The van der Waals surface area contributed by atoms with E-state index in [1.807, 2.05) is 52.3 Å². The molecule has 5 rings (SSSR count). The highest BCUT2D eigenvalue weighted by molar-refractivity contribution is 8.00. The first-order valence-corrected chi connectivity index (χ1v) is 13.6. The number of thioether (sulfide) groups is 1. The number of hydrogen-bond donors (Lipinski definition) is 0. The summed E-state index contributed by atoms with van der Waals surface area (Å²) in [4.78, 5) is 29.7. The summed E-state index contributed by atoms with van der Waals surface area (Å²) >= 11 is 1.67. The van der Waals surface area contributed by atoms with Gasteiger partial charge in [0.25, 0.3) is 5.91 Å². The number of rotatable bonds is 7. The largest absolute Gasteiger partial charge is 0.339 e. The average molecular weight is 485 g/mol. The van der Waals surface area contributed by atoms with Crippen LogP contribution in [0, 0.1) is 5.92 Å². The number of benzene rings is 3. The minimum Gasteiger partial charge on any atom is -0.339 e. The molecule has 3 aromatic rings. The van der Waals surface area contributed by atoms with Gasteiger partial charge in [-0.3, -0.25) is 9.59 Å². The third-order valence-electron chi connectivity index (χ3n) is 7.16. The Morgan fingerprint density at radius 1 is 0.829 bits per heavy atom. The molecule has 180 valence electrons. The van der Waals surface area contributed by atoms with Crippen molar-refractivity contribution in [1.82, 2.24) is 9.80 Å². The summed E-state index contributed by atoms with van der Waals surface area (Å²) in [5, 5.41) is 0.0177. The zero-order valence-electron chi connectivity index (χ0n) is 20.0. The lowest BCUT2D eigenvalue weighted by Crippen LogP contribution is -2.38. The number of carbonyl (C=O) groups is 2. The van der Waals surface area contributed by atoms with Gasteiger partial charge >= 0.3 is 0 Å². The monoisotopic (exact) mass is 484 g/mol. The molecule has 35 heavy (non-hydrogen) atoms. The van der Waals surface area contributed by atoms with Crippen molar-refractivity contribution in [3.05, 3.63) is 107 Å². The van der Waals surface area contributed by atoms with Crippen LogP contribution in [-0.4, -0.2) is 47.0 Å². The third-order valence-corrected chi connectivity index (χ3v) is 8.42. The quantitative estimate of drug-likeness (QED) is 0.438. The summed E-state index contributed by atoms with van der Waals surface area (Å²) in [7, 11) is 0. The normalized spacial score (nSPS) is 18.7.